The lowest BCUT2D eigenvalue weighted by molar-refractivity contribution is 0.158. The molecule has 0 amide bonds. The summed E-state index contributed by atoms with van der Waals surface area (Å²) >= 11 is 5.89. The van der Waals surface area contributed by atoms with E-state index in [1.165, 1.54) is 0 Å². The van der Waals surface area contributed by atoms with Crippen molar-refractivity contribution in [3.8, 4) is 0 Å². The molecule has 0 bridgehead atoms. The summed E-state index contributed by atoms with van der Waals surface area (Å²) < 4.78 is 0. The van der Waals surface area contributed by atoms with Gasteiger partial charge in [0.25, 0.3) is 0 Å². The first-order valence-corrected chi connectivity index (χ1v) is 5.52. The molecule has 1 heterocycles. The van der Waals surface area contributed by atoms with Crippen LogP contribution < -0.4 is 0 Å². The summed E-state index contributed by atoms with van der Waals surface area (Å²) in [5.74, 6) is 0.300. The van der Waals surface area contributed by atoms with Crippen LogP contribution in [0.25, 0.3) is 0 Å². The molecule has 2 aliphatic rings. The number of hydrogen-bond acceptors (Lipinski definition) is 2. The maximum Gasteiger partial charge on any atom is 0.120 e. The van der Waals surface area contributed by atoms with Crippen molar-refractivity contribution in [3.05, 3.63) is 35.2 Å². The fourth-order valence-corrected chi connectivity index (χ4v) is 2.33. The predicted molar refractivity (Wildman–Crippen MR) is 62.7 cm³/mol. The Morgan fingerprint density at radius 2 is 2.00 bits per heavy atom. The summed E-state index contributed by atoms with van der Waals surface area (Å²) in [4.78, 5) is 2.24. The SMILES string of the molecule is CC(C)(C)N1C=CC2C(O)=C(Cl)C=CC21. The van der Waals surface area contributed by atoms with Crippen LogP contribution in [0.1, 0.15) is 20.8 Å². The van der Waals surface area contributed by atoms with E-state index in [4.69, 9.17) is 11.6 Å². The number of aliphatic hydroxyl groups is 1. The van der Waals surface area contributed by atoms with Gasteiger partial charge in [0, 0.05) is 5.54 Å². The van der Waals surface area contributed by atoms with E-state index in [0.29, 0.717) is 5.03 Å². The van der Waals surface area contributed by atoms with Gasteiger partial charge in [0.1, 0.15) is 5.76 Å². The minimum absolute atomic E-state index is 0.0155. The van der Waals surface area contributed by atoms with Crippen LogP contribution >= 0.6 is 11.6 Å². The first-order chi connectivity index (χ1) is 6.91. The van der Waals surface area contributed by atoms with E-state index in [1.807, 2.05) is 12.3 Å². The highest BCUT2D eigenvalue weighted by atomic mass is 35.5. The molecule has 0 aromatic rings. The molecule has 0 saturated heterocycles. The first kappa shape index (κ1) is 10.6. The van der Waals surface area contributed by atoms with Gasteiger partial charge in [-0.15, -0.1) is 0 Å². The summed E-state index contributed by atoms with van der Waals surface area (Å²) in [5, 5.41) is 10.3. The van der Waals surface area contributed by atoms with E-state index in [-0.39, 0.29) is 23.3 Å². The largest absolute Gasteiger partial charge is 0.510 e. The van der Waals surface area contributed by atoms with Crippen molar-refractivity contribution >= 4 is 11.6 Å². The van der Waals surface area contributed by atoms with Crippen LogP contribution in [0.3, 0.4) is 0 Å². The van der Waals surface area contributed by atoms with E-state index in [1.54, 1.807) is 6.08 Å². The lowest BCUT2D eigenvalue weighted by Gasteiger charge is -2.39. The van der Waals surface area contributed by atoms with Crippen LogP contribution in [-0.4, -0.2) is 21.6 Å². The fourth-order valence-electron chi connectivity index (χ4n) is 2.14. The van der Waals surface area contributed by atoms with Gasteiger partial charge in [-0.2, -0.15) is 0 Å². The fraction of sp³-hybridized carbons (Fsp3) is 0.500. The molecule has 0 saturated carbocycles. The molecule has 1 aliphatic carbocycles. The molecule has 2 atom stereocenters. The molecule has 0 aromatic carbocycles. The van der Waals surface area contributed by atoms with Gasteiger partial charge in [0.05, 0.1) is 17.0 Å². The quantitative estimate of drug-likeness (QED) is 0.685. The Hall–Kier alpha value is -0.890. The second-order valence-electron chi connectivity index (χ2n) is 5.03. The van der Waals surface area contributed by atoms with Crippen molar-refractivity contribution in [2.75, 3.05) is 0 Å². The Labute approximate surface area is 95.5 Å². The molecule has 0 aromatic heterocycles. The lowest BCUT2D eigenvalue weighted by atomic mass is 9.92. The third-order valence-electron chi connectivity index (χ3n) is 2.92. The first-order valence-electron chi connectivity index (χ1n) is 5.15. The minimum Gasteiger partial charge on any atom is -0.510 e. The molecule has 82 valence electrons. The Kier molecular flexibility index (Phi) is 2.34. The topological polar surface area (TPSA) is 23.5 Å². The molecule has 2 nitrogen and oxygen atoms in total. The molecule has 2 rings (SSSR count). The van der Waals surface area contributed by atoms with Gasteiger partial charge in [-0.3, -0.25) is 0 Å². The average molecular weight is 226 g/mol. The number of halogens is 1. The highest BCUT2D eigenvalue weighted by molar-refractivity contribution is 6.31. The Morgan fingerprint density at radius 1 is 1.33 bits per heavy atom. The third kappa shape index (κ3) is 1.67. The molecule has 2 unspecified atom stereocenters. The van der Waals surface area contributed by atoms with Crippen LogP contribution in [0.15, 0.2) is 35.2 Å². The Balaban J connectivity index is 2.30. The highest BCUT2D eigenvalue weighted by Crippen LogP contribution is 2.37. The van der Waals surface area contributed by atoms with E-state index in [9.17, 15) is 5.11 Å². The Morgan fingerprint density at radius 3 is 2.60 bits per heavy atom. The van der Waals surface area contributed by atoms with Crippen molar-refractivity contribution in [2.45, 2.75) is 32.4 Å². The van der Waals surface area contributed by atoms with E-state index in [2.05, 4.69) is 31.7 Å². The van der Waals surface area contributed by atoms with Crippen LogP contribution in [-0.2, 0) is 0 Å². The number of rotatable bonds is 0. The van der Waals surface area contributed by atoms with Gasteiger partial charge >= 0.3 is 0 Å². The van der Waals surface area contributed by atoms with Gasteiger partial charge < -0.3 is 10.0 Å². The van der Waals surface area contributed by atoms with Crippen molar-refractivity contribution in [1.29, 1.82) is 0 Å². The molecule has 0 spiro atoms. The molecular weight excluding hydrogens is 210 g/mol. The summed E-state index contributed by atoms with van der Waals surface area (Å²) in [7, 11) is 0. The van der Waals surface area contributed by atoms with Gasteiger partial charge in [-0.05, 0) is 33.0 Å². The second-order valence-corrected chi connectivity index (χ2v) is 5.44. The summed E-state index contributed by atoms with van der Waals surface area (Å²) in [6, 6.07) is 0.201. The predicted octanol–water partition coefficient (Wildman–Crippen LogP) is 3.18. The highest BCUT2D eigenvalue weighted by Gasteiger charge is 2.37. The number of hydrogen-bond donors (Lipinski definition) is 1. The molecule has 3 heteroatoms. The molecule has 15 heavy (non-hydrogen) atoms. The second kappa shape index (κ2) is 3.31. The minimum atomic E-state index is 0.0155. The summed E-state index contributed by atoms with van der Waals surface area (Å²) in [6.45, 7) is 6.47. The van der Waals surface area contributed by atoms with Crippen molar-refractivity contribution in [3.63, 3.8) is 0 Å². The zero-order chi connectivity index (χ0) is 11.2. The number of fused-ring (bicyclic) bond motifs is 1. The molecule has 1 N–H and O–H groups in total. The standard InChI is InChI=1S/C12H16ClNO/c1-12(2,3)14-7-6-8-10(14)5-4-9(13)11(8)15/h4-8,10,15H,1-3H3. The van der Waals surface area contributed by atoms with Gasteiger partial charge in [-0.25, -0.2) is 0 Å². The summed E-state index contributed by atoms with van der Waals surface area (Å²) in [5.41, 5.74) is 0.0599. The molecule has 0 radical (unpaired) electrons. The van der Waals surface area contributed by atoms with Gasteiger partial charge in [0.2, 0.25) is 0 Å². The van der Waals surface area contributed by atoms with Crippen molar-refractivity contribution < 1.29 is 5.11 Å². The van der Waals surface area contributed by atoms with Crippen LogP contribution in [0.5, 0.6) is 0 Å². The third-order valence-corrected chi connectivity index (χ3v) is 3.24. The smallest absolute Gasteiger partial charge is 0.120 e. The zero-order valence-electron chi connectivity index (χ0n) is 9.24. The zero-order valence-corrected chi connectivity index (χ0v) is 9.99. The maximum absolute atomic E-state index is 9.85. The van der Waals surface area contributed by atoms with E-state index < -0.39 is 0 Å². The lowest BCUT2D eigenvalue weighted by Crippen LogP contribution is -2.44. The van der Waals surface area contributed by atoms with Crippen molar-refractivity contribution in [2.24, 2.45) is 5.92 Å². The normalized spacial score (nSPS) is 30.0. The van der Waals surface area contributed by atoms with Crippen molar-refractivity contribution in [1.82, 2.24) is 4.90 Å². The summed E-state index contributed by atoms with van der Waals surface area (Å²) in [6.07, 6.45) is 7.89. The maximum atomic E-state index is 9.85. The van der Waals surface area contributed by atoms with Gasteiger partial charge in [0.15, 0.2) is 0 Å². The molecule has 1 aliphatic heterocycles. The molecular formula is C12H16ClNO. The number of allylic oxidation sites excluding steroid dienone is 2. The van der Waals surface area contributed by atoms with Gasteiger partial charge in [-0.1, -0.05) is 23.8 Å². The van der Waals surface area contributed by atoms with E-state index >= 15 is 0 Å². The average Bonchev–Trinajstić information content (AvgIpc) is 2.54. The number of aliphatic hydroxyl groups excluding tert-OH is 1. The van der Waals surface area contributed by atoms with Crippen LogP contribution in [0.2, 0.25) is 0 Å². The number of nitrogens with zero attached hydrogens (tertiary/aromatic N) is 1. The van der Waals surface area contributed by atoms with Crippen LogP contribution in [0.4, 0.5) is 0 Å². The van der Waals surface area contributed by atoms with E-state index in [0.717, 1.165) is 0 Å². The molecule has 0 fully saturated rings. The van der Waals surface area contributed by atoms with Crippen LogP contribution in [0, 0.1) is 5.92 Å². The monoisotopic (exact) mass is 225 g/mol. The Bertz CT molecular complexity index is 362.